The van der Waals surface area contributed by atoms with Crippen LogP contribution in [0.15, 0.2) is 11.6 Å². The fraction of sp³-hybridized carbons (Fsp3) is 0.750. The summed E-state index contributed by atoms with van der Waals surface area (Å²) in [6.07, 6.45) is 7.26. The molecule has 0 aliphatic rings. The Kier molecular flexibility index (Phi) is 14.0. The molecule has 0 N–H and O–H groups in total. The third-order valence-electron chi connectivity index (χ3n) is 2.06. The van der Waals surface area contributed by atoms with Crippen LogP contribution < -0.4 is 0 Å². The summed E-state index contributed by atoms with van der Waals surface area (Å²) in [5, 5.41) is 0. The van der Waals surface area contributed by atoms with Crippen molar-refractivity contribution in [3.63, 3.8) is 0 Å². The predicted molar refractivity (Wildman–Crippen MR) is 67.7 cm³/mol. The average Bonchev–Trinajstić information content (AvgIpc) is 2.18. The van der Waals surface area contributed by atoms with Crippen molar-refractivity contribution in [1.82, 2.24) is 0 Å². The second kappa shape index (κ2) is 12.1. The predicted octanol–water partition coefficient (Wildman–Crippen LogP) is 2.55. The Balaban J connectivity index is 0. The third-order valence-corrected chi connectivity index (χ3v) is 2.06. The van der Waals surface area contributed by atoms with Crippen LogP contribution in [0.5, 0.6) is 0 Å². The van der Waals surface area contributed by atoms with E-state index in [0.29, 0.717) is 6.61 Å². The first-order chi connectivity index (χ1) is 6.72. The van der Waals surface area contributed by atoms with E-state index < -0.39 is 0 Å². The average molecular weight is 319 g/mol. The molecule has 15 heavy (non-hydrogen) atoms. The first kappa shape index (κ1) is 17.4. The number of allylic oxidation sites excluding steroid dienone is 1. The standard InChI is InChI=1S/C12H22O2.Sn.2H/c1-4-6-8-9-11(3)12(13)14-10-7-5-2;;;/h9H,4-8,10H2,1-3H3;;;. The molecule has 0 aliphatic carbocycles. The molecule has 2 radical (unpaired) electrons. The van der Waals surface area contributed by atoms with Crippen molar-refractivity contribution in [2.75, 3.05) is 6.61 Å². The molecule has 0 unspecified atom stereocenters. The Bertz CT molecular complexity index is 188. The van der Waals surface area contributed by atoms with Crippen LogP contribution in [0, 0.1) is 0 Å². The molecule has 0 spiro atoms. The maximum absolute atomic E-state index is 11.3. The second-order valence-corrected chi connectivity index (χ2v) is 3.52. The molecular formula is C12H24O2Sn. The summed E-state index contributed by atoms with van der Waals surface area (Å²) in [6, 6.07) is 0. The molecule has 3 heteroatoms. The van der Waals surface area contributed by atoms with Gasteiger partial charge in [-0.2, -0.15) is 0 Å². The number of ether oxygens (including phenoxy) is 1. The van der Waals surface area contributed by atoms with Crippen molar-refractivity contribution in [2.45, 2.75) is 52.9 Å². The Morgan fingerprint density at radius 3 is 2.33 bits per heavy atom. The van der Waals surface area contributed by atoms with E-state index in [9.17, 15) is 4.79 Å². The van der Waals surface area contributed by atoms with Crippen LogP contribution >= 0.6 is 0 Å². The quantitative estimate of drug-likeness (QED) is 0.312. The summed E-state index contributed by atoms with van der Waals surface area (Å²) in [5.41, 5.74) is 0.745. The molecular weight excluding hydrogens is 295 g/mol. The normalized spacial score (nSPS) is 10.7. The van der Waals surface area contributed by atoms with Gasteiger partial charge in [0.25, 0.3) is 0 Å². The molecule has 0 saturated heterocycles. The first-order valence-corrected chi connectivity index (χ1v) is 5.56. The van der Waals surface area contributed by atoms with E-state index in [1.165, 1.54) is 0 Å². The monoisotopic (exact) mass is 320 g/mol. The zero-order chi connectivity index (χ0) is 10.8. The number of hydrogen-bond donors (Lipinski definition) is 0. The van der Waals surface area contributed by atoms with Crippen molar-refractivity contribution in [3.05, 3.63) is 11.6 Å². The van der Waals surface area contributed by atoms with Crippen molar-refractivity contribution in [2.24, 2.45) is 0 Å². The molecule has 2 nitrogen and oxygen atoms in total. The van der Waals surface area contributed by atoms with E-state index in [1.807, 2.05) is 13.0 Å². The number of esters is 1. The van der Waals surface area contributed by atoms with Crippen LogP contribution in [0.3, 0.4) is 0 Å². The minimum atomic E-state index is -0.158. The zero-order valence-corrected chi connectivity index (χ0v) is 14.4. The summed E-state index contributed by atoms with van der Waals surface area (Å²) in [4.78, 5) is 11.3. The van der Waals surface area contributed by atoms with Crippen LogP contribution in [0.25, 0.3) is 0 Å². The van der Waals surface area contributed by atoms with Crippen LogP contribution in [-0.2, 0) is 9.53 Å². The SMILES string of the molecule is CCCCC=C(C)C(=O)OCCCC.[SnH2]. The molecule has 0 rings (SSSR count). The summed E-state index contributed by atoms with van der Waals surface area (Å²) in [6.45, 7) is 6.60. The Labute approximate surface area is 110 Å². The van der Waals surface area contributed by atoms with Gasteiger partial charge in [-0.05, 0) is 19.8 Å². The van der Waals surface area contributed by atoms with Crippen LogP contribution in [0.2, 0.25) is 0 Å². The molecule has 0 fully saturated rings. The number of carbonyl (C=O) groups excluding carboxylic acids is 1. The van der Waals surface area contributed by atoms with Gasteiger partial charge in [0.15, 0.2) is 0 Å². The fourth-order valence-corrected chi connectivity index (χ4v) is 1.03. The van der Waals surface area contributed by atoms with Crippen molar-refractivity contribution >= 4 is 29.9 Å². The van der Waals surface area contributed by atoms with Crippen molar-refractivity contribution < 1.29 is 9.53 Å². The fourth-order valence-electron chi connectivity index (χ4n) is 1.03. The summed E-state index contributed by atoms with van der Waals surface area (Å²) < 4.78 is 5.07. The Morgan fingerprint density at radius 2 is 1.80 bits per heavy atom. The molecule has 88 valence electrons. The molecule has 0 aromatic carbocycles. The molecule has 0 aromatic heterocycles. The van der Waals surface area contributed by atoms with E-state index in [0.717, 1.165) is 37.7 Å². The summed E-state index contributed by atoms with van der Waals surface area (Å²) >= 11 is 0. The van der Waals surface area contributed by atoms with E-state index >= 15 is 0 Å². The molecule has 0 bridgehead atoms. The molecule has 0 atom stereocenters. The minimum absolute atomic E-state index is 0. The van der Waals surface area contributed by atoms with Gasteiger partial charge in [0.05, 0.1) is 6.61 Å². The van der Waals surface area contributed by atoms with Gasteiger partial charge in [-0.25, -0.2) is 4.79 Å². The second-order valence-electron chi connectivity index (χ2n) is 3.52. The van der Waals surface area contributed by atoms with E-state index in [1.54, 1.807) is 0 Å². The zero-order valence-electron chi connectivity index (χ0n) is 10.3. The van der Waals surface area contributed by atoms with Crippen molar-refractivity contribution in [3.8, 4) is 0 Å². The first-order valence-electron chi connectivity index (χ1n) is 5.56. The van der Waals surface area contributed by atoms with E-state index in [2.05, 4.69) is 13.8 Å². The van der Waals surface area contributed by atoms with E-state index in [-0.39, 0.29) is 29.9 Å². The van der Waals surface area contributed by atoms with E-state index in [4.69, 9.17) is 4.74 Å². The molecule has 0 amide bonds. The Hall–Kier alpha value is 0.00870. The summed E-state index contributed by atoms with van der Waals surface area (Å²) in [5.74, 6) is -0.158. The topological polar surface area (TPSA) is 26.3 Å². The Morgan fingerprint density at radius 1 is 1.20 bits per heavy atom. The van der Waals surface area contributed by atoms with Crippen LogP contribution in [-0.4, -0.2) is 36.5 Å². The van der Waals surface area contributed by atoms with Gasteiger partial charge < -0.3 is 4.74 Å². The van der Waals surface area contributed by atoms with Crippen LogP contribution in [0.1, 0.15) is 52.9 Å². The summed E-state index contributed by atoms with van der Waals surface area (Å²) in [7, 11) is 0. The van der Waals surface area contributed by atoms with Crippen LogP contribution in [0.4, 0.5) is 0 Å². The van der Waals surface area contributed by atoms with Gasteiger partial charge in [0.2, 0.25) is 0 Å². The van der Waals surface area contributed by atoms with Gasteiger partial charge in [0.1, 0.15) is 0 Å². The number of hydrogen-bond acceptors (Lipinski definition) is 2. The van der Waals surface area contributed by atoms with Gasteiger partial charge in [0, 0.05) is 5.57 Å². The molecule has 0 saturated carbocycles. The number of rotatable bonds is 7. The van der Waals surface area contributed by atoms with Gasteiger partial charge >= 0.3 is 29.9 Å². The molecule has 0 heterocycles. The third kappa shape index (κ3) is 10.3. The molecule has 0 aromatic rings. The number of unbranched alkanes of at least 4 members (excludes halogenated alkanes) is 3. The van der Waals surface area contributed by atoms with Gasteiger partial charge in [-0.15, -0.1) is 0 Å². The van der Waals surface area contributed by atoms with Crippen molar-refractivity contribution in [1.29, 1.82) is 0 Å². The van der Waals surface area contributed by atoms with Gasteiger partial charge in [-0.1, -0.05) is 39.2 Å². The number of carbonyl (C=O) groups is 1. The maximum atomic E-state index is 11.3. The van der Waals surface area contributed by atoms with Gasteiger partial charge in [-0.3, -0.25) is 0 Å². The molecule has 0 aliphatic heterocycles.